The summed E-state index contributed by atoms with van der Waals surface area (Å²) in [5, 5.41) is 21.7. The highest BCUT2D eigenvalue weighted by Gasteiger charge is 2.20. The van der Waals surface area contributed by atoms with E-state index in [1.807, 2.05) is 0 Å². The minimum atomic E-state index is -0.679. The van der Waals surface area contributed by atoms with Crippen LogP contribution in [0.3, 0.4) is 0 Å². The molecule has 2 N–H and O–H groups in total. The van der Waals surface area contributed by atoms with Crippen LogP contribution in [0.25, 0.3) is 0 Å². The summed E-state index contributed by atoms with van der Waals surface area (Å²) < 4.78 is 5.31. The third kappa shape index (κ3) is 2.86. The number of nitro benzene ring substituents is 1. The van der Waals surface area contributed by atoms with Crippen LogP contribution in [0.2, 0.25) is 0 Å². The molecule has 0 amide bonds. The molecule has 9 heteroatoms. The minimum Gasteiger partial charge on any atom is -0.432 e. The number of ether oxygens (including phenoxy) is 1. The molecule has 0 saturated heterocycles. The Bertz CT molecular complexity index is 732. The van der Waals surface area contributed by atoms with Crippen LogP contribution >= 0.6 is 0 Å². The smallest absolute Gasteiger partial charge is 0.314 e. The zero-order chi connectivity index (χ0) is 15.6. The molecule has 0 radical (unpaired) electrons. The fourth-order valence-electron chi connectivity index (χ4n) is 1.72. The van der Waals surface area contributed by atoms with E-state index in [-0.39, 0.29) is 28.8 Å². The first kappa shape index (κ1) is 14.2. The van der Waals surface area contributed by atoms with E-state index in [1.165, 1.54) is 12.1 Å². The number of rotatable bonds is 4. The molecule has 0 spiro atoms. The third-order valence-corrected chi connectivity index (χ3v) is 2.67. The number of benzene rings is 1. The molecule has 0 aliphatic carbocycles. The molecule has 1 aromatic carbocycles. The molecule has 108 valence electrons. The number of nitrogen functional groups attached to an aromatic ring is 1. The van der Waals surface area contributed by atoms with Crippen molar-refractivity contribution in [1.82, 2.24) is 4.98 Å². The lowest BCUT2D eigenvalue weighted by Gasteiger charge is -2.07. The zero-order valence-electron chi connectivity index (χ0n) is 10.8. The van der Waals surface area contributed by atoms with Crippen LogP contribution in [-0.2, 0) is 0 Å². The number of para-hydroxylation sites is 1. The summed E-state index contributed by atoms with van der Waals surface area (Å²) >= 11 is 0. The van der Waals surface area contributed by atoms with Crippen molar-refractivity contribution >= 4 is 17.2 Å². The Kier molecular flexibility index (Phi) is 3.65. The van der Waals surface area contributed by atoms with Gasteiger partial charge in [0.1, 0.15) is 0 Å². The summed E-state index contributed by atoms with van der Waals surface area (Å²) in [4.78, 5) is 24.1. The first-order valence-electron chi connectivity index (χ1n) is 5.73. The Labute approximate surface area is 118 Å². The number of pyridine rings is 1. The van der Waals surface area contributed by atoms with Crippen LogP contribution in [-0.4, -0.2) is 14.8 Å². The Morgan fingerprint density at radius 3 is 2.43 bits per heavy atom. The van der Waals surface area contributed by atoms with Gasteiger partial charge in [0.05, 0.1) is 9.85 Å². The minimum absolute atomic E-state index is 0.0132. The highest BCUT2D eigenvalue weighted by molar-refractivity contribution is 5.56. The molecule has 1 heterocycles. The molecule has 2 rings (SSSR count). The summed E-state index contributed by atoms with van der Waals surface area (Å²) in [6, 6.07) is 6.92. The molecule has 9 nitrogen and oxygen atoms in total. The van der Waals surface area contributed by atoms with Gasteiger partial charge in [0.15, 0.2) is 0 Å². The van der Waals surface area contributed by atoms with Gasteiger partial charge in [-0.1, -0.05) is 12.1 Å². The van der Waals surface area contributed by atoms with Gasteiger partial charge in [0, 0.05) is 17.7 Å². The second-order valence-corrected chi connectivity index (χ2v) is 4.09. The highest BCUT2D eigenvalue weighted by Crippen LogP contribution is 2.34. The van der Waals surface area contributed by atoms with Crippen molar-refractivity contribution in [3.63, 3.8) is 0 Å². The average Bonchev–Trinajstić information content (AvgIpc) is 2.37. The third-order valence-electron chi connectivity index (χ3n) is 2.67. The number of aromatic nitrogens is 1. The van der Waals surface area contributed by atoms with Gasteiger partial charge in [-0.2, -0.15) is 4.98 Å². The number of nitrogens with two attached hydrogens (primary N) is 1. The zero-order valence-corrected chi connectivity index (χ0v) is 10.8. The van der Waals surface area contributed by atoms with Crippen molar-refractivity contribution in [1.29, 1.82) is 0 Å². The summed E-state index contributed by atoms with van der Waals surface area (Å²) in [6.45, 7) is 1.57. The fourth-order valence-corrected chi connectivity index (χ4v) is 1.72. The molecule has 0 bridgehead atoms. The monoisotopic (exact) mass is 290 g/mol. The van der Waals surface area contributed by atoms with E-state index < -0.39 is 9.85 Å². The predicted molar refractivity (Wildman–Crippen MR) is 73.2 cm³/mol. The number of nitro groups is 2. The molecule has 0 aliphatic rings. The number of anilines is 1. The first-order valence-corrected chi connectivity index (χ1v) is 5.73. The van der Waals surface area contributed by atoms with Crippen molar-refractivity contribution in [3.8, 4) is 11.6 Å². The van der Waals surface area contributed by atoms with Crippen LogP contribution in [0.5, 0.6) is 11.6 Å². The van der Waals surface area contributed by atoms with Crippen molar-refractivity contribution in [3.05, 3.63) is 56.1 Å². The largest absolute Gasteiger partial charge is 0.432 e. The number of hydrogen-bond acceptors (Lipinski definition) is 7. The number of aryl methyl sites for hydroxylation is 1. The topological polar surface area (TPSA) is 134 Å². The van der Waals surface area contributed by atoms with Gasteiger partial charge in [-0.15, -0.1) is 0 Å². The molecule has 0 fully saturated rings. The highest BCUT2D eigenvalue weighted by atomic mass is 16.6. The first-order chi connectivity index (χ1) is 9.90. The molecule has 0 unspecified atom stereocenters. The Balaban J connectivity index is 2.39. The second kappa shape index (κ2) is 5.41. The normalized spacial score (nSPS) is 10.1. The summed E-state index contributed by atoms with van der Waals surface area (Å²) in [6.07, 6.45) is 0. The maximum absolute atomic E-state index is 11.0. The molecular formula is C12H10N4O5. The van der Waals surface area contributed by atoms with Crippen LogP contribution in [0.4, 0.5) is 17.2 Å². The Morgan fingerprint density at radius 1 is 1.14 bits per heavy atom. The van der Waals surface area contributed by atoms with Gasteiger partial charge in [-0.25, -0.2) is 0 Å². The van der Waals surface area contributed by atoms with Crippen LogP contribution in [0, 0.1) is 27.2 Å². The molecule has 21 heavy (non-hydrogen) atoms. The van der Waals surface area contributed by atoms with E-state index >= 15 is 0 Å². The van der Waals surface area contributed by atoms with Crippen molar-refractivity contribution in [2.24, 2.45) is 0 Å². The summed E-state index contributed by atoms with van der Waals surface area (Å²) in [5.41, 5.74) is 5.30. The lowest BCUT2D eigenvalue weighted by atomic mass is 10.2. The molecule has 0 atom stereocenters. The average molecular weight is 290 g/mol. The lowest BCUT2D eigenvalue weighted by molar-refractivity contribution is -0.386. The predicted octanol–water partition coefficient (Wildman–Crippen LogP) is 2.58. The molecular weight excluding hydrogens is 280 g/mol. The number of nitrogens with zero attached hydrogens (tertiary/aromatic N) is 3. The van der Waals surface area contributed by atoms with Crippen molar-refractivity contribution in [2.45, 2.75) is 6.92 Å². The van der Waals surface area contributed by atoms with Gasteiger partial charge in [0.2, 0.25) is 17.4 Å². The van der Waals surface area contributed by atoms with E-state index in [0.29, 0.717) is 5.56 Å². The van der Waals surface area contributed by atoms with E-state index in [9.17, 15) is 20.2 Å². The molecule has 1 aromatic heterocycles. The van der Waals surface area contributed by atoms with Gasteiger partial charge in [-0.3, -0.25) is 20.2 Å². The maximum atomic E-state index is 11.0. The standard InChI is InChI=1S/C12H10N4O5/c1-7-3-2-4-9(11(7)16(19)20)21-10-6-5-8(15(17)18)12(13)14-10/h2-6H,1H3,(H2,13,14). The van der Waals surface area contributed by atoms with Gasteiger partial charge in [-0.05, 0) is 13.0 Å². The molecule has 0 saturated carbocycles. The molecule has 2 aromatic rings. The lowest BCUT2D eigenvalue weighted by Crippen LogP contribution is -2.01. The van der Waals surface area contributed by atoms with Crippen LogP contribution in [0.15, 0.2) is 30.3 Å². The summed E-state index contributed by atoms with van der Waals surface area (Å²) in [5.74, 6) is -0.402. The van der Waals surface area contributed by atoms with Gasteiger partial charge >= 0.3 is 11.4 Å². The van der Waals surface area contributed by atoms with E-state index in [4.69, 9.17) is 10.5 Å². The fraction of sp³-hybridized carbons (Fsp3) is 0.0833. The van der Waals surface area contributed by atoms with Gasteiger partial charge < -0.3 is 10.5 Å². The quantitative estimate of drug-likeness (QED) is 0.675. The SMILES string of the molecule is Cc1cccc(Oc2ccc([N+](=O)[O-])c(N)n2)c1[N+](=O)[O-]. The summed E-state index contributed by atoms with van der Waals surface area (Å²) in [7, 11) is 0. The van der Waals surface area contributed by atoms with Crippen molar-refractivity contribution < 1.29 is 14.6 Å². The van der Waals surface area contributed by atoms with Crippen LogP contribution < -0.4 is 10.5 Å². The Morgan fingerprint density at radius 2 is 1.86 bits per heavy atom. The maximum Gasteiger partial charge on any atom is 0.314 e. The van der Waals surface area contributed by atoms with E-state index in [0.717, 1.165) is 6.07 Å². The van der Waals surface area contributed by atoms with E-state index in [1.54, 1.807) is 19.1 Å². The van der Waals surface area contributed by atoms with E-state index in [2.05, 4.69) is 4.98 Å². The molecule has 0 aliphatic heterocycles. The Hall–Kier alpha value is -3.23. The number of hydrogen-bond donors (Lipinski definition) is 1. The van der Waals surface area contributed by atoms with Crippen molar-refractivity contribution in [2.75, 3.05) is 5.73 Å². The second-order valence-electron chi connectivity index (χ2n) is 4.09. The van der Waals surface area contributed by atoms with Crippen LogP contribution in [0.1, 0.15) is 5.56 Å². The van der Waals surface area contributed by atoms with Gasteiger partial charge in [0.25, 0.3) is 0 Å².